The first-order valence-corrected chi connectivity index (χ1v) is 9.59. The lowest BCUT2D eigenvalue weighted by Crippen LogP contribution is -2.52. The summed E-state index contributed by atoms with van der Waals surface area (Å²) in [5, 5.41) is 21.1. The van der Waals surface area contributed by atoms with Gasteiger partial charge in [-0.1, -0.05) is 25.1 Å². The molecule has 2 N–H and O–H groups in total. The predicted molar refractivity (Wildman–Crippen MR) is 99.0 cm³/mol. The van der Waals surface area contributed by atoms with E-state index < -0.39 is 11.6 Å². The molecule has 1 aromatic carbocycles. The number of aryl methyl sites for hydroxylation is 1. The van der Waals surface area contributed by atoms with E-state index in [0.717, 1.165) is 42.6 Å². The van der Waals surface area contributed by atoms with Crippen molar-refractivity contribution in [3.63, 3.8) is 0 Å². The third-order valence-corrected chi connectivity index (χ3v) is 7.58. The van der Waals surface area contributed by atoms with Gasteiger partial charge in [0.05, 0.1) is 12.7 Å². The van der Waals surface area contributed by atoms with Gasteiger partial charge in [-0.2, -0.15) is 0 Å². The van der Waals surface area contributed by atoms with Gasteiger partial charge in [-0.25, -0.2) is 0 Å². The number of aliphatic hydroxyl groups is 1. The summed E-state index contributed by atoms with van der Waals surface area (Å²) in [4.78, 5) is 11.4. The molecule has 2 fully saturated rings. The van der Waals surface area contributed by atoms with Gasteiger partial charge in [0, 0.05) is 6.42 Å². The van der Waals surface area contributed by atoms with Crippen molar-refractivity contribution in [1.82, 2.24) is 0 Å². The average molecular weight is 356 g/mol. The van der Waals surface area contributed by atoms with Gasteiger partial charge in [-0.15, -0.1) is 0 Å². The molecule has 0 saturated heterocycles. The molecular weight excluding hydrogens is 328 g/mol. The van der Waals surface area contributed by atoms with Crippen molar-refractivity contribution in [2.75, 3.05) is 7.11 Å². The van der Waals surface area contributed by atoms with E-state index in [-0.39, 0.29) is 29.6 Å². The maximum atomic E-state index is 11.8. The molecule has 140 valence electrons. The van der Waals surface area contributed by atoms with Gasteiger partial charge >= 0.3 is 5.97 Å². The van der Waals surface area contributed by atoms with Crippen molar-refractivity contribution in [1.29, 1.82) is 0 Å². The van der Waals surface area contributed by atoms with Crippen LogP contribution in [-0.4, -0.2) is 23.3 Å². The summed E-state index contributed by atoms with van der Waals surface area (Å²) >= 11 is 0. The average Bonchev–Trinajstić information content (AvgIpc) is 2.84. The number of rotatable bonds is 3. The van der Waals surface area contributed by atoms with Crippen molar-refractivity contribution >= 4 is 5.97 Å². The third-order valence-electron chi connectivity index (χ3n) is 7.58. The molecule has 4 heteroatoms. The van der Waals surface area contributed by atoms with Gasteiger partial charge in [0.15, 0.2) is 0 Å². The molecule has 3 aliphatic carbocycles. The van der Waals surface area contributed by atoms with Gasteiger partial charge in [0.2, 0.25) is 0 Å². The Labute approximate surface area is 154 Å². The maximum absolute atomic E-state index is 11.8. The number of carboxylic acid groups (broad SMARTS) is 1. The molecule has 0 spiro atoms. The monoisotopic (exact) mass is 356 g/mol. The highest BCUT2D eigenvalue weighted by Gasteiger charge is 2.61. The van der Waals surface area contributed by atoms with Crippen LogP contribution in [0.5, 0.6) is 5.75 Å². The molecule has 4 nitrogen and oxygen atoms in total. The number of carbonyl (C=O) groups is 1. The lowest BCUT2D eigenvalue weighted by atomic mass is 9.51. The minimum atomic E-state index is -0.842. The number of benzene rings is 1. The van der Waals surface area contributed by atoms with Crippen LogP contribution in [0.15, 0.2) is 30.4 Å². The molecule has 26 heavy (non-hydrogen) atoms. The summed E-state index contributed by atoms with van der Waals surface area (Å²) < 4.78 is 5.35. The molecular formula is C22H28O4. The second kappa shape index (κ2) is 5.85. The summed E-state index contributed by atoms with van der Waals surface area (Å²) in [6, 6.07) is 6.01. The Morgan fingerprint density at radius 2 is 2.15 bits per heavy atom. The van der Waals surface area contributed by atoms with E-state index in [2.05, 4.69) is 13.5 Å². The predicted octanol–water partition coefficient (Wildman–Crippen LogP) is 3.91. The SMILES string of the molecule is C=C1C[C@@H](CC(=O)O)[C@@]2(C)CC[C@]3(O)c4ccc(OC)cc4CC[C@@H]3[C@H]12. The third kappa shape index (κ3) is 2.34. The van der Waals surface area contributed by atoms with Gasteiger partial charge in [0.25, 0.3) is 0 Å². The Kier molecular flexibility index (Phi) is 3.96. The zero-order chi connectivity index (χ0) is 18.7. The molecule has 0 unspecified atom stereocenters. The Bertz CT molecular complexity index is 769. The molecule has 0 aliphatic heterocycles. The van der Waals surface area contributed by atoms with Crippen LogP contribution < -0.4 is 4.74 Å². The van der Waals surface area contributed by atoms with E-state index in [4.69, 9.17) is 4.74 Å². The Morgan fingerprint density at radius 1 is 1.38 bits per heavy atom. The van der Waals surface area contributed by atoms with Crippen LogP contribution >= 0.6 is 0 Å². The van der Waals surface area contributed by atoms with E-state index in [1.54, 1.807) is 7.11 Å². The Balaban J connectivity index is 1.73. The minimum Gasteiger partial charge on any atom is -0.497 e. The number of methoxy groups -OCH3 is 1. The van der Waals surface area contributed by atoms with Crippen molar-refractivity contribution in [3.8, 4) is 5.75 Å². The summed E-state index contributed by atoms with van der Waals surface area (Å²) in [6.07, 6.45) is 4.33. The minimum absolute atomic E-state index is 0.0731. The van der Waals surface area contributed by atoms with Crippen LogP contribution in [0.25, 0.3) is 0 Å². The van der Waals surface area contributed by atoms with Crippen LogP contribution in [-0.2, 0) is 16.8 Å². The van der Waals surface area contributed by atoms with Crippen LogP contribution in [0.1, 0.15) is 50.2 Å². The Hall–Kier alpha value is -1.81. The van der Waals surface area contributed by atoms with Crippen LogP contribution in [0.4, 0.5) is 0 Å². The number of hydrogen-bond donors (Lipinski definition) is 2. The Morgan fingerprint density at radius 3 is 2.85 bits per heavy atom. The zero-order valence-corrected chi connectivity index (χ0v) is 15.6. The number of hydrogen-bond acceptors (Lipinski definition) is 3. The van der Waals surface area contributed by atoms with E-state index >= 15 is 0 Å². The van der Waals surface area contributed by atoms with Crippen molar-refractivity contribution < 1.29 is 19.7 Å². The largest absolute Gasteiger partial charge is 0.497 e. The highest BCUT2D eigenvalue weighted by atomic mass is 16.5. The second-order valence-corrected chi connectivity index (χ2v) is 8.73. The fourth-order valence-electron chi connectivity index (χ4n) is 6.31. The topological polar surface area (TPSA) is 66.8 Å². The highest BCUT2D eigenvalue weighted by Crippen LogP contribution is 2.66. The van der Waals surface area contributed by atoms with E-state index in [0.29, 0.717) is 6.42 Å². The van der Waals surface area contributed by atoms with Gasteiger partial charge in [-0.05, 0) is 78.5 Å². The summed E-state index contributed by atoms with van der Waals surface area (Å²) in [7, 11) is 1.67. The molecule has 0 amide bonds. The zero-order valence-electron chi connectivity index (χ0n) is 15.6. The maximum Gasteiger partial charge on any atom is 0.303 e. The first-order chi connectivity index (χ1) is 12.3. The van der Waals surface area contributed by atoms with E-state index in [1.807, 2.05) is 18.2 Å². The smallest absolute Gasteiger partial charge is 0.303 e. The van der Waals surface area contributed by atoms with Crippen LogP contribution in [0.3, 0.4) is 0 Å². The van der Waals surface area contributed by atoms with Crippen LogP contribution in [0, 0.1) is 23.2 Å². The standard InChI is InChI=1S/C22H28O4/c1-13-10-15(12-19(23)24)21(2)8-9-22(25)17-7-5-16(26-3)11-14(17)4-6-18(22)20(13)21/h5,7,11,15,18,20,25H,1,4,6,8-10,12H2,2-3H3,(H,23,24)/t15-,18+,20-,21+,22-/m0/s1. The van der Waals surface area contributed by atoms with Gasteiger partial charge in [-0.3, -0.25) is 4.79 Å². The number of aliphatic carboxylic acids is 1. The number of ether oxygens (including phenoxy) is 1. The van der Waals surface area contributed by atoms with Crippen molar-refractivity contribution in [2.24, 2.45) is 23.2 Å². The first kappa shape index (κ1) is 17.6. The molecule has 0 bridgehead atoms. The van der Waals surface area contributed by atoms with Crippen molar-refractivity contribution in [2.45, 2.75) is 51.0 Å². The number of allylic oxidation sites excluding steroid dienone is 1. The fraction of sp³-hybridized carbons (Fsp3) is 0.591. The molecule has 2 saturated carbocycles. The number of fused-ring (bicyclic) bond motifs is 5. The first-order valence-electron chi connectivity index (χ1n) is 9.59. The number of carboxylic acids is 1. The molecule has 5 atom stereocenters. The molecule has 3 aliphatic rings. The lowest BCUT2D eigenvalue weighted by molar-refractivity contribution is -0.144. The molecule has 0 aromatic heterocycles. The second-order valence-electron chi connectivity index (χ2n) is 8.73. The van der Waals surface area contributed by atoms with Crippen molar-refractivity contribution in [3.05, 3.63) is 41.5 Å². The molecule has 0 radical (unpaired) electrons. The fourth-order valence-corrected chi connectivity index (χ4v) is 6.31. The van der Waals surface area contributed by atoms with Gasteiger partial charge in [0.1, 0.15) is 5.75 Å². The van der Waals surface area contributed by atoms with E-state index in [9.17, 15) is 15.0 Å². The van der Waals surface area contributed by atoms with E-state index in [1.165, 1.54) is 5.56 Å². The normalized spacial score (nSPS) is 38.3. The lowest BCUT2D eigenvalue weighted by Gasteiger charge is -2.55. The summed E-state index contributed by atoms with van der Waals surface area (Å²) in [6.45, 7) is 6.55. The molecule has 4 rings (SSSR count). The quantitative estimate of drug-likeness (QED) is 0.806. The molecule has 0 heterocycles. The van der Waals surface area contributed by atoms with Crippen LogP contribution in [0.2, 0.25) is 0 Å². The molecule has 1 aromatic rings. The summed E-state index contributed by atoms with van der Waals surface area (Å²) in [5.74, 6) is 0.540. The highest BCUT2D eigenvalue weighted by molar-refractivity contribution is 5.67. The van der Waals surface area contributed by atoms with Gasteiger partial charge < -0.3 is 14.9 Å². The summed E-state index contributed by atoms with van der Waals surface area (Å²) in [5.41, 5.74) is 2.43.